The zero-order valence-corrected chi connectivity index (χ0v) is 14.9. The lowest BCUT2D eigenvalue weighted by Gasteiger charge is -2.21. The number of nitriles is 1. The number of amides is 1. The van der Waals surface area contributed by atoms with Crippen LogP contribution in [0.25, 0.3) is 10.9 Å². The Morgan fingerprint density at radius 2 is 2.12 bits per heavy atom. The maximum absolute atomic E-state index is 12.9. The van der Waals surface area contributed by atoms with Crippen LogP contribution in [-0.4, -0.2) is 20.3 Å². The molecule has 1 N–H and O–H groups in total. The molecule has 7 nitrogen and oxygen atoms in total. The first kappa shape index (κ1) is 17.4. The number of anilines is 1. The second kappa shape index (κ2) is 6.84. The molecule has 0 aliphatic carbocycles. The van der Waals surface area contributed by atoms with Crippen molar-refractivity contribution in [3.05, 3.63) is 58.0 Å². The van der Waals surface area contributed by atoms with Gasteiger partial charge in [-0.1, -0.05) is 25.1 Å². The van der Waals surface area contributed by atoms with Gasteiger partial charge in [0.1, 0.15) is 23.5 Å². The SMILES string of the molecule is CCC(C(=O)Nc1c(C#N)cnn1C)n1c(=O)cc(C)c2ccccc21. The second-order valence-corrected chi connectivity index (χ2v) is 6.11. The Balaban J connectivity index is 2.09. The third-order valence-electron chi connectivity index (χ3n) is 4.47. The zero-order valence-electron chi connectivity index (χ0n) is 14.9. The normalized spacial score (nSPS) is 11.9. The molecule has 1 unspecified atom stereocenters. The predicted octanol–water partition coefficient (Wildman–Crippen LogP) is 2.50. The molecule has 0 radical (unpaired) electrons. The molecule has 1 amide bonds. The highest BCUT2D eigenvalue weighted by Gasteiger charge is 2.24. The summed E-state index contributed by atoms with van der Waals surface area (Å²) in [5, 5.41) is 16.8. The van der Waals surface area contributed by atoms with Gasteiger partial charge in [-0.3, -0.25) is 18.8 Å². The van der Waals surface area contributed by atoms with Crippen molar-refractivity contribution in [1.82, 2.24) is 14.3 Å². The Morgan fingerprint density at radius 1 is 1.38 bits per heavy atom. The molecule has 0 aliphatic rings. The number of fused-ring (bicyclic) bond motifs is 1. The van der Waals surface area contributed by atoms with Gasteiger partial charge in [-0.25, -0.2) is 0 Å². The van der Waals surface area contributed by atoms with Crippen molar-refractivity contribution in [3.8, 4) is 6.07 Å². The smallest absolute Gasteiger partial charge is 0.252 e. The van der Waals surface area contributed by atoms with Crippen molar-refractivity contribution >= 4 is 22.6 Å². The molecule has 132 valence electrons. The van der Waals surface area contributed by atoms with E-state index in [0.717, 1.165) is 10.9 Å². The molecular formula is C19H19N5O2. The first-order chi connectivity index (χ1) is 12.5. The number of carbonyl (C=O) groups excluding carboxylic acids is 1. The van der Waals surface area contributed by atoms with Gasteiger partial charge in [-0.15, -0.1) is 0 Å². The fraction of sp³-hybridized carbons (Fsp3) is 0.263. The first-order valence-electron chi connectivity index (χ1n) is 8.31. The topological polar surface area (TPSA) is 92.7 Å². The molecule has 0 bridgehead atoms. The molecule has 1 aromatic carbocycles. The monoisotopic (exact) mass is 349 g/mol. The van der Waals surface area contributed by atoms with Crippen LogP contribution in [0.4, 0.5) is 5.82 Å². The summed E-state index contributed by atoms with van der Waals surface area (Å²) < 4.78 is 2.94. The Labute approximate surface area is 150 Å². The van der Waals surface area contributed by atoms with Gasteiger partial charge >= 0.3 is 0 Å². The number of carbonyl (C=O) groups is 1. The number of hydrogen-bond donors (Lipinski definition) is 1. The predicted molar refractivity (Wildman–Crippen MR) is 98.8 cm³/mol. The van der Waals surface area contributed by atoms with Crippen LogP contribution in [0, 0.1) is 18.3 Å². The Morgan fingerprint density at radius 3 is 2.81 bits per heavy atom. The number of aromatic nitrogens is 3. The summed E-state index contributed by atoms with van der Waals surface area (Å²) in [5.41, 5.74) is 1.63. The van der Waals surface area contributed by atoms with E-state index in [1.54, 1.807) is 13.1 Å². The van der Waals surface area contributed by atoms with Crippen LogP contribution in [0.15, 0.2) is 41.3 Å². The van der Waals surface area contributed by atoms with Crippen molar-refractivity contribution in [3.63, 3.8) is 0 Å². The largest absolute Gasteiger partial charge is 0.308 e. The summed E-state index contributed by atoms with van der Waals surface area (Å²) in [6, 6.07) is 10.4. The van der Waals surface area contributed by atoms with E-state index in [9.17, 15) is 9.59 Å². The van der Waals surface area contributed by atoms with Crippen LogP contribution in [0.2, 0.25) is 0 Å². The zero-order chi connectivity index (χ0) is 18.8. The van der Waals surface area contributed by atoms with Crippen molar-refractivity contribution in [2.45, 2.75) is 26.3 Å². The number of rotatable bonds is 4. The van der Waals surface area contributed by atoms with Crippen LogP contribution in [0.3, 0.4) is 0 Å². The van der Waals surface area contributed by atoms with Crippen molar-refractivity contribution in [2.75, 3.05) is 5.32 Å². The fourth-order valence-corrected chi connectivity index (χ4v) is 3.14. The molecule has 0 saturated heterocycles. The van der Waals surface area contributed by atoms with Crippen LogP contribution in [0.1, 0.15) is 30.5 Å². The van der Waals surface area contributed by atoms with Crippen LogP contribution in [0.5, 0.6) is 0 Å². The van der Waals surface area contributed by atoms with Gasteiger partial charge in [-0.2, -0.15) is 10.4 Å². The highest BCUT2D eigenvalue weighted by atomic mass is 16.2. The molecule has 0 fully saturated rings. The quantitative estimate of drug-likeness (QED) is 0.783. The van der Waals surface area contributed by atoms with Crippen LogP contribution >= 0.6 is 0 Å². The third kappa shape index (κ3) is 2.86. The van der Waals surface area contributed by atoms with E-state index in [4.69, 9.17) is 5.26 Å². The number of pyridine rings is 1. The first-order valence-corrected chi connectivity index (χ1v) is 8.31. The summed E-state index contributed by atoms with van der Waals surface area (Å²) in [6.07, 6.45) is 1.82. The molecule has 0 saturated carbocycles. The van der Waals surface area contributed by atoms with Gasteiger partial charge in [0.15, 0.2) is 0 Å². The van der Waals surface area contributed by atoms with Gasteiger partial charge in [0.2, 0.25) is 5.91 Å². The lowest BCUT2D eigenvalue weighted by molar-refractivity contribution is -0.119. The van der Waals surface area contributed by atoms with Crippen LogP contribution in [-0.2, 0) is 11.8 Å². The minimum atomic E-state index is -0.700. The van der Waals surface area contributed by atoms with Crippen molar-refractivity contribution < 1.29 is 4.79 Å². The molecule has 0 aliphatic heterocycles. The van der Waals surface area contributed by atoms with Crippen LogP contribution < -0.4 is 10.9 Å². The maximum Gasteiger partial charge on any atom is 0.252 e. The van der Waals surface area contributed by atoms with E-state index in [-0.39, 0.29) is 17.0 Å². The average Bonchev–Trinajstić information content (AvgIpc) is 2.98. The average molecular weight is 349 g/mol. The molecule has 2 heterocycles. The Bertz CT molecular complexity index is 1090. The maximum atomic E-state index is 12.9. The minimum absolute atomic E-state index is 0.228. The molecule has 0 spiro atoms. The van der Waals surface area contributed by atoms with E-state index >= 15 is 0 Å². The highest BCUT2D eigenvalue weighted by molar-refractivity contribution is 5.95. The van der Waals surface area contributed by atoms with Gasteiger partial charge in [0, 0.05) is 18.5 Å². The van der Waals surface area contributed by atoms with E-state index in [0.29, 0.717) is 17.8 Å². The molecule has 2 aromatic heterocycles. The summed E-state index contributed by atoms with van der Waals surface area (Å²) in [7, 11) is 1.64. The molecule has 26 heavy (non-hydrogen) atoms. The standard InChI is InChI=1S/C19H19N5O2/c1-4-15(19(26)22-18-13(10-20)11-21-23(18)3)24-16-8-6-5-7-14(16)12(2)9-17(24)25/h5-9,11,15H,4H2,1-3H3,(H,22,26). The number of nitrogens with zero attached hydrogens (tertiary/aromatic N) is 4. The number of nitrogens with one attached hydrogen (secondary N) is 1. The number of aryl methyl sites for hydroxylation is 2. The Kier molecular flexibility index (Phi) is 4.59. The second-order valence-electron chi connectivity index (χ2n) is 6.11. The molecular weight excluding hydrogens is 330 g/mol. The van der Waals surface area contributed by atoms with Crippen molar-refractivity contribution in [1.29, 1.82) is 5.26 Å². The number of para-hydroxylation sites is 1. The summed E-state index contributed by atoms with van der Waals surface area (Å²) in [5.74, 6) is -0.0378. The van der Waals surface area contributed by atoms with E-state index in [1.165, 1.54) is 15.4 Å². The van der Waals surface area contributed by atoms with Gasteiger partial charge < -0.3 is 5.32 Å². The van der Waals surface area contributed by atoms with E-state index in [2.05, 4.69) is 10.4 Å². The third-order valence-corrected chi connectivity index (χ3v) is 4.47. The fourth-order valence-electron chi connectivity index (χ4n) is 3.14. The van der Waals surface area contributed by atoms with Gasteiger partial charge in [-0.05, 0) is 25.0 Å². The minimum Gasteiger partial charge on any atom is -0.308 e. The number of hydrogen-bond acceptors (Lipinski definition) is 4. The molecule has 3 aromatic rings. The Hall–Kier alpha value is -3.40. The summed E-state index contributed by atoms with van der Waals surface area (Å²) >= 11 is 0. The lowest BCUT2D eigenvalue weighted by atomic mass is 10.1. The van der Waals surface area contributed by atoms with Gasteiger partial charge in [0.05, 0.1) is 11.7 Å². The van der Waals surface area contributed by atoms with Crippen molar-refractivity contribution in [2.24, 2.45) is 7.05 Å². The molecule has 7 heteroatoms. The number of benzene rings is 1. The molecule has 3 rings (SSSR count). The highest BCUT2D eigenvalue weighted by Crippen LogP contribution is 2.23. The van der Waals surface area contributed by atoms with E-state index < -0.39 is 6.04 Å². The summed E-state index contributed by atoms with van der Waals surface area (Å²) in [4.78, 5) is 25.6. The summed E-state index contributed by atoms with van der Waals surface area (Å²) in [6.45, 7) is 3.73. The van der Waals surface area contributed by atoms with E-state index in [1.807, 2.05) is 44.2 Å². The van der Waals surface area contributed by atoms with Gasteiger partial charge in [0.25, 0.3) is 5.56 Å². The lowest BCUT2D eigenvalue weighted by Crippen LogP contribution is -2.33. The molecule has 1 atom stereocenters.